The number of amides is 1. The fourth-order valence-electron chi connectivity index (χ4n) is 1.78. The molecule has 1 aromatic heterocycles. The van der Waals surface area contributed by atoms with Crippen LogP contribution in [0.4, 0.5) is 4.39 Å². The summed E-state index contributed by atoms with van der Waals surface area (Å²) in [6, 6.07) is 6.41. The Morgan fingerprint density at radius 2 is 2.11 bits per heavy atom. The van der Waals surface area contributed by atoms with E-state index in [-0.39, 0.29) is 11.7 Å². The molecule has 0 aliphatic carbocycles. The van der Waals surface area contributed by atoms with Crippen LogP contribution in [0.5, 0.6) is 0 Å². The maximum Gasteiger partial charge on any atom is 0.269 e. The van der Waals surface area contributed by atoms with Crippen LogP contribution >= 0.6 is 0 Å². The monoisotopic (exact) mass is 261 g/mol. The first-order chi connectivity index (χ1) is 9.15. The van der Waals surface area contributed by atoms with E-state index in [9.17, 15) is 9.18 Å². The van der Waals surface area contributed by atoms with Crippen molar-refractivity contribution in [3.05, 3.63) is 53.4 Å². The van der Waals surface area contributed by atoms with Crippen molar-refractivity contribution in [3.8, 4) is 0 Å². The minimum Gasteiger partial charge on any atom is -0.351 e. The van der Waals surface area contributed by atoms with Crippen LogP contribution in [-0.2, 0) is 6.42 Å². The Kier molecular flexibility index (Phi) is 4.28. The van der Waals surface area contributed by atoms with Gasteiger partial charge in [-0.25, -0.2) is 9.37 Å². The standard InChI is InChI=1S/C14H16FN3O/c1-10-17-9-13(18-10)14(19)16-8-2-3-11-4-6-12(15)7-5-11/h4-7,9H,2-3,8H2,1H3,(H,16,19)(H,17,18). The molecule has 0 unspecified atom stereocenters. The highest BCUT2D eigenvalue weighted by Crippen LogP contribution is 2.05. The van der Waals surface area contributed by atoms with E-state index < -0.39 is 0 Å². The Morgan fingerprint density at radius 1 is 1.37 bits per heavy atom. The third kappa shape index (κ3) is 3.91. The first kappa shape index (κ1) is 13.3. The van der Waals surface area contributed by atoms with Gasteiger partial charge in [-0.05, 0) is 37.5 Å². The first-order valence-corrected chi connectivity index (χ1v) is 6.19. The van der Waals surface area contributed by atoms with Gasteiger partial charge >= 0.3 is 0 Å². The number of benzene rings is 1. The maximum absolute atomic E-state index is 12.7. The molecule has 0 saturated carbocycles. The predicted octanol–water partition coefficient (Wildman–Crippen LogP) is 2.22. The van der Waals surface area contributed by atoms with Gasteiger partial charge in [-0.3, -0.25) is 4.79 Å². The summed E-state index contributed by atoms with van der Waals surface area (Å²) in [4.78, 5) is 18.5. The molecule has 4 nitrogen and oxygen atoms in total. The number of nitrogens with zero attached hydrogens (tertiary/aromatic N) is 1. The number of halogens is 1. The Morgan fingerprint density at radius 3 is 2.74 bits per heavy atom. The van der Waals surface area contributed by atoms with Crippen LogP contribution in [0, 0.1) is 12.7 Å². The van der Waals surface area contributed by atoms with Crippen molar-refractivity contribution in [1.29, 1.82) is 0 Å². The molecule has 19 heavy (non-hydrogen) atoms. The van der Waals surface area contributed by atoms with Crippen molar-refractivity contribution in [1.82, 2.24) is 15.3 Å². The van der Waals surface area contributed by atoms with Gasteiger partial charge < -0.3 is 10.3 Å². The first-order valence-electron chi connectivity index (χ1n) is 6.19. The second-order valence-electron chi connectivity index (χ2n) is 4.37. The van der Waals surface area contributed by atoms with Gasteiger partial charge in [-0.2, -0.15) is 0 Å². The molecule has 0 aliphatic rings. The summed E-state index contributed by atoms with van der Waals surface area (Å²) in [6.07, 6.45) is 3.14. The van der Waals surface area contributed by atoms with Crippen LogP contribution in [-0.4, -0.2) is 22.4 Å². The summed E-state index contributed by atoms with van der Waals surface area (Å²) < 4.78 is 12.7. The number of aromatic amines is 1. The third-order valence-electron chi connectivity index (χ3n) is 2.79. The molecule has 1 aromatic carbocycles. The zero-order chi connectivity index (χ0) is 13.7. The highest BCUT2D eigenvalue weighted by atomic mass is 19.1. The van der Waals surface area contributed by atoms with Crippen molar-refractivity contribution in [2.45, 2.75) is 19.8 Å². The van der Waals surface area contributed by atoms with Crippen LogP contribution in [0.25, 0.3) is 0 Å². The number of aromatic nitrogens is 2. The number of rotatable bonds is 5. The van der Waals surface area contributed by atoms with E-state index in [0.717, 1.165) is 24.2 Å². The molecular weight excluding hydrogens is 245 g/mol. The van der Waals surface area contributed by atoms with Gasteiger partial charge in [-0.15, -0.1) is 0 Å². The molecule has 5 heteroatoms. The Labute approximate surface area is 111 Å². The molecule has 100 valence electrons. The summed E-state index contributed by atoms with van der Waals surface area (Å²) in [7, 11) is 0. The Balaban J connectivity index is 1.72. The van der Waals surface area contributed by atoms with Gasteiger partial charge in [0.2, 0.25) is 0 Å². The molecule has 0 aliphatic heterocycles. The molecule has 0 saturated heterocycles. The van der Waals surface area contributed by atoms with Gasteiger partial charge in [0.25, 0.3) is 5.91 Å². The van der Waals surface area contributed by atoms with E-state index in [4.69, 9.17) is 0 Å². The fraction of sp³-hybridized carbons (Fsp3) is 0.286. The van der Waals surface area contributed by atoms with Crippen molar-refractivity contribution < 1.29 is 9.18 Å². The molecule has 2 N–H and O–H groups in total. The van der Waals surface area contributed by atoms with E-state index in [0.29, 0.717) is 12.2 Å². The summed E-state index contributed by atoms with van der Waals surface area (Å²) >= 11 is 0. The molecule has 1 amide bonds. The average Bonchev–Trinajstić information content (AvgIpc) is 2.83. The number of H-pyrrole nitrogens is 1. The van der Waals surface area contributed by atoms with Crippen LogP contribution in [0.15, 0.2) is 30.5 Å². The van der Waals surface area contributed by atoms with E-state index >= 15 is 0 Å². The van der Waals surface area contributed by atoms with Crippen molar-refractivity contribution in [2.75, 3.05) is 6.54 Å². The minimum atomic E-state index is -0.230. The molecule has 0 atom stereocenters. The molecule has 0 radical (unpaired) electrons. The van der Waals surface area contributed by atoms with Crippen molar-refractivity contribution >= 4 is 5.91 Å². The highest BCUT2D eigenvalue weighted by Gasteiger charge is 2.06. The van der Waals surface area contributed by atoms with Crippen molar-refractivity contribution in [3.63, 3.8) is 0 Å². The van der Waals surface area contributed by atoms with E-state index in [1.807, 2.05) is 0 Å². The van der Waals surface area contributed by atoms with Gasteiger partial charge in [0.05, 0.1) is 6.20 Å². The van der Waals surface area contributed by atoms with E-state index in [2.05, 4.69) is 15.3 Å². The quantitative estimate of drug-likeness (QED) is 0.811. The Hall–Kier alpha value is -2.17. The third-order valence-corrected chi connectivity index (χ3v) is 2.79. The summed E-state index contributed by atoms with van der Waals surface area (Å²) in [5.74, 6) is 0.336. The van der Waals surface area contributed by atoms with Crippen LogP contribution in [0.2, 0.25) is 0 Å². The predicted molar refractivity (Wildman–Crippen MR) is 70.4 cm³/mol. The smallest absolute Gasteiger partial charge is 0.269 e. The second-order valence-corrected chi connectivity index (χ2v) is 4.37. The zero-order valence-corrected chi connectivity index (χ0v) is 10.7. The lowest BCUT2D eigenvalue weighted by molar-refractivity contribution is 0.0948. The largest absolute Gasteiger partial charge is 0.351 e. The zero-order valence-electron chi connectivity index (χ0n) is 10.7. The van der Waals surface area contributed by atoms with Crippen LogP contribution < -0.4 is 5.32 Å². The lowest BCUT2D eigenvalue weighted by Crippen LogP contribution is -2.25. The normalized spacial score (nSPS) is 10.4. The number of carbonyl (C=O) groups is 1. The number of carbonyl (C=O) groups excluding carboxylic acids is 1. The lowest BCUT2D eigenvalue weighted by Gasteiger charge is -2.04. The van der Waals surface area contributed by atoms with Gasteiger partial charge in [0.15, 0.2) is 0 Å². The molecule has 0 spiro atoms. The number of imidazole rings is 1. The van der Waals surface area contributed by atoms with Gasteiger partial charge in [0, 0.05) is 6.54 Å². The summed E-state index contributed by atoms with van der Waals surface area (Å²) in [5, 5.41) is 2.81. The summed E-state index contributed by atoms with van der Waals surface area (Å²) in [5.41, 5.74) is 1.53. The van der Waals surface area contributed by atoms with Crippen molar-refractivity contribution in [2.24, 2.45) is 0 Å². The molecule has 2 aromatic rings. The molecule has 1 heterocycles. The topological polar surface area (TPSA) is 57.8 Å². The number of hydrogen-bond donors (Lipinski definition) is 2. The fourth-order valence-corrected chi connectivity index (χ4v) is 1.78. The number of nitrogens with one attached hydrogen (secondary N) is 2. The molecule has 2 rings (SSSR count). The van der Waals surface area contributed by atoms with Gasteiger partial charge in [-0.1, -0.05) is 12.1 Å². The summed E-state index contributed by atoms with van der Waals surface area (Å²) in [6.45, 7) is 2.37. The Bertz CT molecular complexity index is 548. The molecule has 0 fully saturated rings. The van der Waals surface area contributed by atoms with Crippen LogP contribution in [0.1, 0.15) is 28.3 Å². The SMILES string of the molecule is Cc1ncc(C(=O)NCCCc2ccc(F)cc2)[nH]1. The van der Waals surface area contributed by atoms with E-state index in [1.54, 1.807) is 19.1 Å². The second kappa shape index (κ2) is 6.13. The van der Waals surface area contributed by atoms with Gasteiger partial charge in [0.1, 0.15) is 17.3 Å². The molecular formula is C14H16FN3O. The van der Waals surface area contributed by atoms with E-state index in [1.165, 1.54) is 18.3 Å². The maximum atomic E-state index is 12.7. The van der Waals surface area contributed by atoms with Crippen LogP contribution in [0.3, 0.4) is 0 Å². The average molecular weight is 261 g/mol. The lowest BCUT2D eigenvalue weighted by atomic mass is 10.1. The number of hydrogen-bond acceptors (Lipinski definition) is 2. The number of aryl methyl sites for hydroxylation is 2. The minimum absolute atomic E-state index is 0.153. The molecule has 0 bridgehead atoms. The highest BCUT2D eigenvalue weighted by molar-refractivity contribution is 5.92.